The molecule has 0 saturated carbocycles. The van der Waals surface area contributed by atoms with Crippen molar-refractivity contribution in [2.45, 2.75) is 25.6 Å². The first kappa shape index (κ1) is 17.1. The second kappa shape index (κ2) is 7.92. The molecule has 128 valence electrons. The third-order valence-electron chi connectivity index (χ3n) is 4.28. The Labute approximate surface area is 148 Å². The van der Waals surface area contributed by atoms with E-state index >= 15 is 0 Å². The SMILES string of the molecule is CN(C)Cc1csc(CN2CCNC(=O)[C@@H]2Cc2ccccc2)c1. The maximum atomic E-state index is 12.4. The van der Waals surface area contributed by atoms with E-state index in [4.69, 9.17) is 0 Å². The molecule has 0 bridgehead atoms. The van der Waals surface area contributed by atoms with Crippen LogP contribution >= 0.6 is 11.3 Å². The molecular weight excluding hydrogens is 318 g/mol. The van der Waals surface area contributed by atoms with Gasteiger partial charge in [-0.15, -0.1) is 11.3 Å². The predicted molar refractivity (Wildman–Crippen MR) is 99.1 cm³/mol. The Bertz CT molecular complexity index is 668. The Kier molecular flexibility index (Phi) is 5.66. The summed E-state index contributed by atoms with van der Waals surface area (Å²) >= 11 is 1.79. The molecule has 1 aromatic carbocycles. The predicted octanol–water partition coefficient (Wildman–Crippen LogP) is 2.35. The minimum Gasteiger partial charge on any atom is -0.353 e. The Morgan fingerprint density at radius 1 is 1.25 bits per heavy atom. The number of hydrogen-bond donors (Lipinski definition) is 1. The first-order valence-electron chi connectivity index (χ1n) is 8.38. The number of rotatable bonds is 6. The number of nitrogens with one attached hydrogen (secondary N) is 1. The van der Waals surface area contributed by atoms with Crippen molar-refractivity contribution < 1.29 is 4.79 Å². The summed E-state index contributed by atoms with van der Waals surface area (Å²) < 4.78 is 0. The largest absolute Gasteiger partial charge is 0.353 e. The van der Waals surface area contributed by atoms with Gasteiger partial charge in [-0.3, -0.25) is 9.69 Å². The van der Waals surface area contributed by atoms with Crippen molar-refractivity contribution in [3.8, 4) is 0 Å². The van der Waals surface area contributed by atoms with Crippen LogP contribution in [0.15, 0.2) is 41.8 Å². The van der Waals surface area contributed by atoms with Gasteiger partial charge in [-0.1, -0.05) is 30.3 Å². The van der Waals surface area contributed by atoms with Gasteiger partial charge in [0.1, 0.15) is 0 Å². The number of thiophene rings is 1. The topological polar surface area (TPSA) is 35.6 Å². The Morgan fingerprint density at radius 2 is 2.04 bits per heavy atom. The molecule has 5 heteroatoms. The van der Waals surface area contributed by atoms with Gasteiger partial charge in [0.2, 0.25) is 5.91 Å². The van der Waals surface area contributed by atoms with Crippen molar-refractivity contribution in [2.24, 2.45) is 0 Å². The Morgan fingerprint density at radius 3 is 2.79 bits per heavy atom. The van der Waals surface area contributed by atoms with E-state index in [0.717, 1.165) is 32.6 Å². The molecule has 1 aromatic heterocycles. The van der Waals surface area contributed by atoms with Crippen LogP contribution in [0.2, 0.25) is 0 Å². The second-order valence-electron chi connectivity index (χ2n) is 6.63. The minimum atomic E-state index is -0.0828. The summed E-state index contributed by atoms with van der Waals surface area (Å²) in [6, 6.07) is 12.5. The monoisotopic (exact) mass is 343 g/mol. The van der Waals surface area contributed by atoms with E-state index in [1.165, 1.54) is 16.0 Å². The third kappa shape index (κ3) is 4.44. The van der Waals surface area contributed by atoms with E-state index in [-0.39, 0.29) is 11.9 Å². The van der Waals surface area contributed by atoms with Crippen LogP contribution in [0.25, 0.3) is 0 Å². The molecule has 1 aliphatic rings. The molecule has 4 nitrogen and oxygen atoms in total. The molecule has 2 aromatic rings. The summed E-state index contributed by atoms with van der Waals surface area (Å²) in [5, 5.41) is 5.24. The number of nitrogens with zero attached hydrogens (tertiary/aromatic N) is 2. The maximum absolute atomic E-state index is 12.4. The number of carbonyl (C=O) groups is 1. The average molecular weight is 343 g/mol. The molecule has 3 rings (SSSR count). The molecule has 24 heavy (non-hydrogen) atoms. The number of hydrogen-bond acceptors (Lipinski definition) is 4. The number of benzene rings is 1. The lowest BCUT2D eigenvalue weighted by molar-refractivity contribution is -0.129. The number of amides is 1. The Hall–Kier alpha value is -1.69. The van der Waals surface area contributed by atoms with Gasteiger partial charge in [0, 0.05) is 31.1 Å². The normalized spacial score (nSPS) is 18.8. The first-order chi connectivity index (χ1) is 11.6. The molecule has 1 atom stereocenters. The van der Waals surface area contributed by atoms with Crippen LogP contribution in [0.1, 0.15) is 16.0 Å². The van der Waals surface area contributed by atoms with Crippen LogP contribution in [0.4, 0.5) is 0 Å². The molecule has 0 radical (unpaired) electrons. The van der Waals surface area contributed by atoms with Gasteiger partial charge in [0.25, 0.3) is 0 Å². The number of carbonyl (C=O) groups excluding carboxylic acids is 1. The van der Waals surface area contributed by atoms with Gasteiger partial charge < -0.3 is 10.2 Å². The lowest BCUT2D eigenvalue weighted by Gasteiger charge is -2.34. The standard InChI is InChI=1S/C19H25N3OS/c1-21(2)12-16-10-17(24-14-16)13-22-9-8-20-19(23)18(22)11-15-6-4-3-5-7-15/h3-7,10,14,18H,8-9,11-13H2,1-2H3,(H,20,23)/t18-/m0/s1. The molecule has 1 saturated heterocycles. The molecule has 1 N–H and O–H groups in total. The molecule has 1 aliphatic heterocycles. The van der Waals surface area contributed by atoms with Crippen molar-refractivity contribution in [2.75, 3.05) is 27.2 Å². The van der Waals surface area contributed by atoms with E-state index in [0.29, 0.717) is 0 Å². The van der Waals surface area contributed by atoms with Crippen molar-refractivity contribution in [1.29, 1.82) is 0 Å². The van der Waals surface area contributed by atoms with E-state index in [2.05, 4.69) is 52.8 Å². The molecular formula is C19H25N3OS. The van der Waals surface area contributed by atoms with E-state index in [1.54, 1.807) is 11.3 Å². The zero-order chi connectivity index (χ0) is 16.9. The van der Waals surface area contributed by atoms with Crippen molar-refractivity contribution in [3.05, 3.63) is 57.8 Å². The zero-order valence-corrected chi connectivity index (χ0v) is 15.2. The van der Waals surface area contributed by atoms with Crippen LogP contribution in [-0.4, -0.2) is 48.9 Å². The second-order valence-corrected chi connectivity index (χ2v) is 7.62. The highest BCUT2D eigenvalue weighted by Gasteiger charge is 2.29. The Balaban J connectivity index is 1.69. The van der Waals surface area contributed by atoms with Gasteiger partial charge in [-0.25, -0.2) is 0 Å². The lowest BCUT2D eigenvalue weighted by Crippen LogP contribution is -2.55. The fourth-order valence-corrected chi connectivity index (χ4v) is 4.07. The summed E-state index contributed by atoms with van der Waals surface area (Å²) in [7, 11) is 4.17. The molecule has 1 amide bonds. The highest BCUT2D eigenvalue weighted by Crippen LogP contribution is 2.21. The molecule has 0 unspecified atom stereocenters. The maximum Gasteiger partial charge on any atom is 0.237 e. The molecule has 2 heterocycles. The fraction of sp³-hybridized carbons (Fsp3) is 0.421. The van der Waals surface area contributed by atoms with Crippen LogP contribution in [-0.2, 0) is 24.3 Å². The first-order valence-corrected chi connectivity index (χ1v) is 9.26. The van der Waals surface area contributed by atoms with E-state index in [1.807, 2.05) is 18.2 Å². The fourth-order valence-electron chi connectivity index (χ4n) is 3.17. The van der Waals surface area contributed by atoms with Crippen molar-refractivity contribution in [3.63, 3.8) is 0 Å². The summed E-state index contributed by atoms with van der Waals surface area (Å²) in [6.45, 7) is 3.46. The minimum absolute atomic E-state index is 0.0828. The van der Waals surface area contributed by atoms with Gasteiger partial charge in [-0.2, -0.15) is 0 Å². The van der Waals surface area contributed by atoms with Crippen LogP contribution < -0.4 is 5.32 Å². The molecule has 0 spiro atoms. The summed E-state index contributed by atoms with van der Waals surface area (Å²) in [4.78, 5) is 18.2. The molecule has 0 aliphatic carbocycles. The number of piperazine rings is 1. The van der Waals surface area contributed by atoms with Gasteiger partial charge in [0.15, 0.2) is 0 Å². The quantitative estimate of drug-likeness (QED) is 0.875. The van der Waals surface area contributed by atoms with Crippen molar-refractivity contribution >= 4 is 17.2 Å². The molecule has 1 fully saturated rings. The van der Waals surface area contributed by atoms with Crippen LogP contribution in [0, 0.1) is 0 Å². The zero-order valence-electron chi connectivity index (χ0n) is 14.4. The summed E-state index contributed by atoms with van der Waals surface area (Å²) in [5.74, 6) is 0.148. The van der Waals surface area contributed by atoms with Gasteiger partial charge in [0.05, 0.1) is 6.04 Å². The van der Waals surface area contributed by atoms with E-state index < -0.39 is 0 Å². The van der Waals surface area contributed by atoms with Crippen LogP contribution in [0.3, 0.4) is 0 Å². The van der Waals surface area contributed by atoms with Gasteiger partial charge >= 0.3 is 0 Å². The third-order valence-corrected chi connectivity index (χ3v) is 5.25. The summed E-state index contributed by atoms with van der Waals surface area (Å²) in [6.07, 6.45) is 0.766. The highest BCUT2D eigenvalue weighted by molar-refractivity contribution is 7.10. The van der Waals surface area contributed by atoms with Crippen LogP contribution in [0.5, 0.6) is 0 Å². The smallest absolute Gasteiger partial charge is 0.237 e. The lowest BCUT2D eigenvalue weighted by atomic mass is 10.0. The van der Waals surface area contributed by atoms with Crippen molar-refractivity contribution in [1.82, 2.24) is 15.1 Å². The van der Waals surface area contributed by atoms with E-state index in [9.17, 15) is 4.79 Å². The average Bonchev–Trinajstić information content (AvgIpc) is 2.98. The summed E-state index contributed by atoms with van der Waals surface area (Å²) in [5.41, 5.74) is 2.56. The highest BCUT2D eigenvalue weighted by atomic mass is 32.1. The van der Waals surface area contributed by atoms with Gasteiger partial charge in [-0.05, 0) is 43.1 Å².